The van der Waals surface area contributed by atoms with E-state index in [0.29, 0.717) is 12.4 Å². The van der Waals surface area contributed by atoms with Crippen molar-refractivity contribution in [3.8, 4) is 0 Å². The molecule has 0 spiro atoms. The number of nitro groups is 1. The summed E-state index contributed by atoms with van der Waals surface area (Å²) in [6.07, 6.45) is -1.08. The standard InChI is InChI=1S/C19H24FN3O6S/c1-18(2,3)29-17(24)21-16-22-19(10-28-8-15(27-4)13(19)9-30-16)12-7-11(23(25)26)5-6-14(12)20/h5-7,13,15H,8-10H2,1-4H3,(H,21,22,24)/t13-,15?,19-/m1/s1. The van der Waals surface area contributed by atoms with Crippen LogP contribution in [0.2, 0.25) is 0 Å². The van der Waals surface area contributed by atoms with Crippen LogP contribution in [0.5, 0.6) is 0 Å². The molecule has 2 aliphatic heterocycles. The number of nitro benzene ring substituents is 1. The summed E-state index contributed by atoms with van der Waals surface area (Å²) in [7, 11) is 1.52. The van der Waals surface area contributed by atoms with Gasteiger partial charge in [0.25, 0.3) is 5.69 Å². The van der Waals surface area contributed by atoms with Crippen LogP contribution in [0.4, 0.5) is 14.9 Å². The highest BCUT2D eigenvalue weighted by molar-refractivity contribution is 8.13. The number of methoxy groups -OCH3 is 1. The number of nitrogens with one attached hydrogen (secondary N) is 1. The highest BCUT2D eigenvalue weighted by Gasteiger charge is 2.52. The molecule has 30 heavy (non-hydrogen) atoms. The predicted octanol–water partition coefficient (Wildman–Crippen LogP) is 3.22. The number of fused-ring (bicyclic) bond motifs is 1. The molecule has 11 heteroatoms. The second-order valence-corrected chi connectivity index (χ2v) is 9.10. The average Bonchev–Trinajstić information content (AvgIpc) is 2.65. The number of alkyl carbamates (subject to hydrolysis) is 1. The lowest BCUT2D eigenvalue weighted by atomic mass is 9.75. The zero-order chi connectivity index (χ0) is 22.1. The molecule has 0 radical (unpaired) electrons. The number of thioether (sulfide) groups is 1. The number of benzene rings is 1. The summed E-state index contributed by atoms with van der Waals surface area (Å²) in [6, 6.07) is 3.32. The molecule has 2 heterocycles. The summed E-state index contributed by atoms with van der Waals surface area (Å²) in [4.78, 5) is 27.5. The van der Waals surface area contributed by atoms with E-state index in [1.165, 1.54) is 24.9 Å². The van der Waals surface area contributed by atoms with Crippen molar-refractivity contribution in [2.75, 3.05) is 26.1 Å². The van der Waals surface area contributed by atoms with Gasteiger partial charge in [-0.25, -0.2) is 14.2 Å². The highest BCUT2D eigenvalue weighted by Crippen LogP contribution is 2.47. The smallest absolute Gasteiger partial charge is 0.413 e. The van der Waals surface area contributed by atoms with E-state index in [1.54, 1.807) is 20.8 Å². The number of amides is 1. The summed E-state index contributed by atoms with van der Waals surface area (Å²) in [5, 5.41) is 14.1. The third kappa shape index (κ3) is 4.57. The van der Waals surface area contributed by atoms with Gasteiger partial charge in [0, 0.05) is 36.5 Å². The fourth-order valence-corrected chi connectivity index (χ4v) is 4.80. The van der Waals surface area contributed by atoms with Crippen LogP contribution in [-0.2, 0) is 19.7 Å². The average molecular weight is 441 g/mol. The van der Waals surface area contributed by atoms with E-state index in [-0.39, 0.29) is 28.9 Å². The fraction of sp³-hybridized carbons (Fsp3) is 0.579. The Balaban J connectivity index is 2.06. The van der Waals surface area contributed by atoms with E-state index < -0.39 is 34.1 Å². The molecule has 3 atom stereocenters. The Hall–Kier alpha value is -2.24. The fourth-order valence-electron chi connectivity index (χ4n) is 3.59. The van der Waals surface area contributed by atoms with Gasteiger partial charge in [-0.05, 0) is 26.8 Å². The van der Waals surface area contributed by atoms with Crippen molar-refractivity contribution in [2.24, 2.45) is 10.9 Å². The first-order valence-electron chi connectivity index (χ1n) is 9.33. The molecule has 164 valence electrons. The SMILES string of the molecule is COC1COC[C@]2(c3cc([N+](=O)[O-])ccc3F)N=C(NC(=O)OC(C)(C)C)SC[C@H]12. The molecule has 2 aliphatic rings. The molecule has 1 aromatic rings. The second-order valence-electron chi connectivity index (χ2n) is 8.10. The predicted molar refractivity (Wildman–Crippen MR) is 109 cm³/mol. The number of carbonyl (C=O) groups is 1. The lowest BCUT2D eigenvalue weighted by Gasteiger charge is -2.47. The van der Waals surface area contributed by atoms with Crippen molar-refractivity contribution in [2.45, 2.75) is 38.0 Å². The van der Waals surface area contributed by atoms with E-state index >= 15 is 0 Å². The molecule has 3 rings (SSSR count). The summed E-state index contributed by atoms with van der Waals surface area (Å²) < 4.78 is 31.4. The van der Waals surface area contributed by atoms with Crippen LogP contribution >= 0.6 is 11.8 Å². The van der Waals surface area contributed by atoms with Crippen molar-refractivity contribution in [1.29, 1.82) is 0 Å². The molecule has 1 unspecified atom stereocenters. The van der Waals surface area contributed by atoms with Gasteiger partial charge < -0.3 is 14.2 Å². The first kappa shape index (κ1) is 22.4. The minimum Gasteiger partial charge on any atom is -0.444 e. The minimum absolute atomic E-state index is 0.00429. The van der Waals surface area contributed by atoms with Crippen molar-refractivity contribution < 1.29 is 28.3 Å². The van der Waals surface area contributed by atoms with Crippen molar-refractivity contribution in [3.63, 3.8) is 0 Å². The number of non-ortho nitro benzene ring substituents is 1. The molecule has 1 saturated heterocycles. The Morgan fingerprint density at radius 1 is 1.47 bits per heavy atom. The number of hydrogen-bond donors (Lipinski definition) is 1. The van der Waals surface area contributed by atoms with E-state index in [2.05, 4.69) is 10.3 Å². The Labute approximate surface area is 177 Å². The van der Waals surface area contributed by atoms with E-state index in [0.717, 1.165) is 12.1 Å². The molecule has 1 fully saturated rings. The second kappa shape index (κ2) is 8.48. The largest absolute Gasteiger partial charge is 0.444 e. The number of halogens is 1. The molecule has 1 aromatic carbocycles. The molecule has 0 saturated carbocycles. The molecule has 0 aromatic heterocycles. The lowest BCUT2D eigenvalue weighted by Crippen LogP contribution is -2.55. The minimum atomic E-state index is -1.29. The topological polar surface area (TPSA) is 112 Å². The van der Waals surface area contributed by atoms with Crippen LogP contribution in [0, 0.1) is 21.8 Å². The number of aliphatic imine (C=N–C) groups is 1. The monoisotopic (exact) mass is 441 g/mol. The van der Waals surface area contributed by atoms with Gasteiger partial charge in [-0.15, -0.1) is 0 Å². The molecule has 9 nitrogen and oxygen atoms in total. The number of hydrogen-bond acceptors (Lipinski definition) is 8. The molecular formula is C19H24FN3O6S. The normalized spacial score (nSPS) is 26.4. The van der Waals surface area contributed by atoms with E-state index in [9.17, 15) is 19.3 Å². The first-order chi connectivity index (χ1) is 14.1. The summed E-state index contributed by atoms with van der Waals surface area (Å²) >= 11 is 1.28. The van der Waals surface area contributed by atoms with Crippen LogP contribution in [0.3, 0.4) is 0 Å². The number of carbonyl (C=O) groups excluding carboxylic acids is 1. The third-order valence-electron chi connectivity index (χ3n) is 4.90. The van der Waals surface area contributed by atoms with E-state index in [1.807, 2.05) is 0 Å². The third-order valence-corrected chi connectivity index (χ3v) is 5.90. The van der Waals surface area contributed by atoms with Gasteiger partial charge in [-0.2, -0.15) is 0 Å². The van der Waals surface area contributed by atoms with E-state index in [4.69, 9.17) is 14.2 Å². The maximum absolute atomic E-state index is 14.9. The maximum Gasteiger partial charge on any atom is 0.413 e. The zero-order valence-corrected chi connectivity index (χ0v) is 18.0. The van der Waals surface area contributed by atoms with Crippen molar-refractivity contribution >= 4 is 28.7 Å². The van der Waals surface area contributed by atoms with Gasteiger partial charge in [-0.1, -0.05) is 11.8 Å². The van der Waals surface area contributed by atoms with Gasteiger partial charge in [-0.3, -0.25) is 15.4 Å². The van der Waals surface area contributed by atoms with Gasteiger partial charge in [0.1, 0.15) is 17.0 Å². The highest BCUT2D eigenvalue weighted by atomic mass is 32.2. The number of nitrogens with zero attached hydrogens (tertiary/aromatic N) is 2. The lowest BCUT2D eigenvalue weighted by molar-refractivity contribution is -0.385. The Morgan fingerprint density at radius 3 is 2.83 bits per heavy atom. The summed E-state index contributed by atoms with van der Waals surface area (Å²) in [5.41, 5.74) is -2.21. The van der Waals surface area contributed by atoms with Crippen molar-refractivity contribution in [1.82, 2.24) is 5.32 Å². The Kier molecular flexibility index (Phi) is 6.34. The molecule has 1 amide bonds. The molecular weight excluding hydrogens is 417 g/mol. The number of rotatable bonds is 3. The zero-order valence-electron chi connectivity index (χ0n) is 17.1. The maximum atomic E-state index is 14.9. The molecule has 1 N–H and O–H groups in total. The molecule has 0 bridgehead atoms. The van der Waals surface area contributed by atoms with Crippen LogP contribution in [0.15, 0.2) is 23.2 Å². The Morgan fingerprint density at radius 2 is 2.20 bits per heavy atom. The van der Waals surface area contributed by atoms with Gasteiger partial charge in [0.05, 0.1) is 24.2 Å². The van der Waals surface area contributed by atoms with Crippen LogP contribution in [-0.4, -0.2) is 54.0 Å². The quantitative estimate of drug-likeness (QED) is 0.566. The van der Waals surface area contributed by atoms with Gasteiger partial charge in [0.2, 0.25) is 0 Å². The Bertz CT molecular complexity index is 874. The first-order valence-corrected chi connectivity index (χ1v) is 10.3. The van der Waals surface area contributed by atoms with Crippen LogP contribution < -0.4 is 5.32 Å². The van der Waals surface area contributed by atoms with Gasteiger partial charge >= 0.3 is 6.09 Å². The number of amidine groups is 1. The number of ether oxygens (including phenoxy) is 3. The summed E-state index contributed by atoms with van der Waals surface area (Å²) in [6.45, 7) is 5.49. The molecule has 0 aliphatic carbocycles. The van der Waals surface area contributed by atoms with Crippen LogP contribution in [0.1, 0.15) is 26.3 Å². The summed E-state index contributed by atoms with van der Waals surface area (Å²) in [5.74, 6) is -0.515. The van der Waals surface area contributed by atoms with Gasteiger partial charge in [0.15, 0.2) is 5.17 Å². The van der Waals surface area contributed by atoms with Crippen molar-refractivity contribution in [3.05, 3.63) is 39.7 Å². The van der Waals surface area contributed by atoms with Crippen LogP contribution in [0.25, 0.3) is 0 Å².